The Morgan fingerprint density at radius 2 is 0.369 bits per heavy atom. The number of hydrogen-bond acceptors (Lipinski definition) is 12. The molecule has 0 aromatic heterocycles. The van der Waals surface area contributed by atoms with Crippen LogP contribution in [-0.4, -0.2) is 39.6 Å². The quantitative estimate of drug-likeness (QED) is 0.0425. The van der Waals surface area contributed by atoms with Crippen molar-refractivity contribution >= 4 is 34.4 Å². The van der Waals surface area contributed by atoms with Crippen molar-refractivity contribution in [2.75, 3.05) is 39.6 Å². The zero-order valence-electron chi connectivity index (χ0n) is 37.6. The van der Waals surface area contributed by atoms with E-state index >= 15 is 0 Å². The summed E-state index contributed by atoms with van der Waals surface area (Å²) in [6.07, 6.45) is 0. The first kappa shape index (κ1) is 57.2. The Labute approximate surface area is 401 Å². The Morgan fingerprint density at radius 1 is 0.231 bits per heavy atom. The number of hydrogen-bond donors (Lipinski definition) is 0. The first-order chi connectivity index (χ1) is 31.5. The molecule has 17 heteroatoms. The fourth-order valence-corrected chi connectivity index (χ4v) is 8.07. The molecule has 0 unspecified atom stereocenters. The fourth-order valence-electron chi connectivity index (χ4n) is 4.37. The van der Waals surface area contributed by atoms with Gasteiger partial charge in [-0.2, -0.15) is 0 Å². The van der Waals surface area contributed by atoms with Crippen molar-refractivity contribution in [3.8, 4) is 34.5 Å². The number of para-hydroxylation sites is 6. The van der Waals surface area contributed by atoms with Crippen LogP contribution in [0.25, 0.3) is 0 Å². The van der Waals surface area contributed by atoms with Gasteiger partial charge in [0.15, 0.2) is 0 Å². The van der Waals surface area contributed by atoms with Gasteiger partial charge in [0.1, 0.15) is 34.5 Å². The van der Waals surface area contributed by atoms with Gasteiger partial charge in [-0.05, 0) is 114 Å². The van der Waals surface area contributed by atoms with Gasteiger partial charge in [-0.3, -0.25) is 0 Å². The second-order valence-electron chi connectivity index (χ2n) is 11.8. The van der Waals surface area contributed by atoms with Crippen molar-refractivity contribution < 1.29 is 70.8 Å². The Balaban J connectivity index is 0.000000318. The van der Waals surface area contributed by atoms with E-state index in [1.807, 2.05) is 224 Å². The van der Waals surface area contributed by atoms with Crippen LogP contribution in [0.3, 0.4) is 0 Å². The van der Waals surface area contributed by atoms with E-state index in [1.165, 1.54) is 0 Å². The number of benzene rings is 6. The average Bonchev–Trinajstić information content (AvgIpc) is 3.32. The molecule has 12 nitrogen and oxygen atoms in total. The molecule has 0 radical (unpaired) electrons. The minimum Gasteiger partial charge on any atom is -0.409 e. The standard InChI is InChI=1S/2C18H15O3P.2C6H15O3P.Ni/c2*1-4-10-16(11-5-1)19-22(20-17-12-6-2-7-13-17)21-18-14-8-3-9-15-18;2*1-4-7-10(8-5-2)9-6-3;/h2*1-15H;2*4-6H2,1-3H3;. The third-order valence-electron chi connectivity index (χ3n) is 6.95. The van der Waals surface area contributed by atoms with Crippen LogP contribution in [0.15, 0.2) is 182 Å². The molecular weight excluding hydrogens is 951 g/mol. The van der Waals surface area contributed by atoms with Gasteiger partial charge in [0.25, 0.3) is 0 Å². The monoisotopic (exact) mass is 1010 g/mol. The second-order valence-corrected chi connectivity index (χ2v) is 16.3. The minimum atomic E-state index is -1.59. The third kappa shape index (κ3) is 27.4. The van der Waals surface area contributed by atoms with E-state index in [0.29, 0.717) is 74.1 Å². The number of rotatable bonds is 24. The van der Waals surface area contributed by atoms with E-state index in [0.717, 1.165) is 0 Å². The van der Waals surface area contributed by atoms with Crippen molar-refractivity contribution in [3.05, 3.63) is 182 Å². The van der Waals surface area contributed by atoms with Crippen LogP contribution >= 0.6 is 34.4 Å². The topological polar surface area (TPSA) is 111 Å². The van der Waals surface area contributed by atoms with E-state index in [9.17, 15) is 0 Å². The first-order valence-corrected chi connectivity index (χ1v) is 25.2. The maximum absolute atomic E-state index is 5.84. The molecule has 0 aliphatic heterocycles. The van der Waals surface area contributed by atoms with Gasteiger partial charge in [-0.1, -0.05) is 109 Å². The van der Waals surface area contributed by atoms with Crippen LogP contribution in [0.2, 0.25) is 0 Å². The summed E-state index contributed by atoms with van der Waals surface area (Å²) in [5, 5.41) is 0. The summed E-state index contributed by atoms with van der Waals surface area (Å²) in [5.74, 6) is 4.25. The second kappa shape index (κ2) is 38.2. The van der Waals surface area contributed by atoms with Gasteiger partial charge in [0.2, 0.25) is 0 Å². The molecule has 0 saturated heterocycles. The smallest absolute Gasteiger partial charge is 0.409 e. The molecule has 0 aliphatic rings. The van der Waals surface area contributed by atoms with Crippen LogP contribution in [-0.2, 0) is 43.6 Å². The van der Waals surface area contributed by atoms with Gasteiger partial charge in [0.05, 0.1) is 39.6 Å². The Hall–Kier alpha value is -3.91. The van der Waals surface area contributed by atoms with E-state index < -0.39 is 34.4 Å². The van der Waals surface area contributed by atoms with Crippen molar-refractivity contribution in [3.63, 3.8) is 0 Å². The van der Waals surface area contributed by atoms with Crippen LogP contribution in [0, 0.1) is 0 Å². The third-order valence-corrected chi connectivity index (χ3v) is 11.9. The van der Waals surface area contributed by atoms with Crippen molar-refractivity contribution in [1.29, 1.82) is 0 Å². The Bertz CT molecular complexity index is 1570. The molecule has 0 fully saturated rings. The SMILES string of the molecule is CCOP(OCC)OCC.CCOP(OCC)OCC.[Ni].c1ccc(OP(Oc2ccccc2)Oc2ccccc2)cc1.c1ccc(OP(Oc2ccccc2)Oc2ccccc2)cc1. The minimum absolute atomic E-state index is 0. The predicted molar refractivity (Wildman–Crippen MR) is 260 cm³/mol. The summed E-state index contributed by atoms with van der Waals surface area (Å²) in [6.45, 7) is 15.4. The normalized spacial score (nSPS) is 10.2. The molecule has 0 aliphatic carbocycles. The summed E-state index contributed by atoms with van der Waals surface area (Å²) in [4.78, 5) is 0. The average molecular weight is 1010 g/mol. The summed E-state index contributed by atoms with van der Waals surface area (Å²) in [5.41, 5.74) is 0. The molecule has 6 rings (SSSR count). The van der Waals surface area contributed by atoms with E-state index in [4.69, 9.17) is 54.3 Å². The van der Waals surface area contributed by atoms with E-state index in [-0.39, 0.29) is 16.5 Å². The van der Waals surface area contributed by atoms with Crippen molar-refractivity contribution in [2.45, 2.75) is 41.5 Å². The van der Waals surface area contributed by atoms with Crippen molar-refractivity contribution in [1.82, 2.24) is 0 Å². The maximum Gasteiger partial charge on any atom is 0.530 e. The molecule has 65 heavy (non-hydrogen) atoms. The van der Waals surface area contributed by atoms with Crippen LogP contribution < -0.4 is 27.1 Å². The molecule has 0 atom stereocenters. The first-order valence-electron chi connectivity index (χ1n) is 20.9. The van der Waals surface area contributed by atoms with Crippen molar-refractivity contribution in [2.24, 2.45) is 0 Å². The van der Waals surface area contributed by atoms with Gasteiger partial charge in [-0.25, -0.2) is 0 Å². The Kier molecular flexibility index (Phi) is 33.7. The molecule has 0 saturated carbocycles. The summed E-state index contributed by atoms with van der Waals surface area (Å²) < 4.78 is 65.9. The van der Waals surface area contributed by atoms with Gasteiger partial charge >= 0.3 is 34.4 Å². The van der Waals surface area contributed by atoms with Crippen LogP contribution in [0.4, 0.5) is 0 Å². The zero-order valence-corrected chi connectivity index (χ0v) is 42.1. The molecular formula is C48H60NiO12P4. The van der Waals surface area contributed by atoms with E-state index in [1.54, 1.807) is 0 Å². The van der Waals surface area contributed by atoms with Gasteiger partial charge in [-0.15, -0.1) is 0 Å². The molecule has 6 aromatic rings. The Morgan fingerprint density at radius 3 is 0.492 bits per heavy atom. The predicted octanol–water partition coefficient (Wildman–Crippen LogP) is 15.5. The van der Waals surface area contributed by atoms with Gasteiger partial charge < -0.3 is 54.3 Å². The van der Waals surface area contributed by atoms with E-state index in [2.05, 4.69) is 0 Å². The molecule has 0 heterocycles. The van der Waals surface area contributed by atoms with Crippen LogP contribution in [0.5, 0.6) is 34.5 Å². The van der Waals surface area contributed by atoms with Crippen LogP contribution in [0.1, 0.15) is 41.5 Å². The maximum atomic E-state index is 5.84. The molecule has 0 N–H and O–H groups in total. The largest absolute Gasteiger partial charge is 0.530 e. The summed E-state index contributed by atoms with van der Waals surface area (Å²) in [6, 6.07) is 57.0. The molecule has 6 aromatic carbocycles. The molecule has 0 spiro atoms. The molecule has 354 valence electrons. The zero-order chi connectivity index (χ0) is 45.7. The van der Waals surface area contributed by atoms with Gasteiger partial charge in [0, 0.05) is 16.5 Å². The molecule has 0 bridgehead atoms. The molecule has 0 amide bonds. The fraction of sp³-hybridized carbons (Fsp3) is 0.250. The summed E-state index contributed by atoms with van der Waals surface area (Å²) >= 11 is 0. The summed E-state index contributed by atoms with van der Waals surface area (Å²) in [7, 11) is -5.30.